The quantitative estimate of drug-likeness (QED) is 0.484. The number of Topliss-reactive ketones (excluding diaryl/α,β-unsaturated/α-hetero) is 1. The van der Waals surface area contributed by atoms with Crippen molar-refractivity contribution in [3.63, 3.8) is 0 Å². The Hall–Kier alpha value is -2.80. The molecule has 0 aliphatic heterocycles. The number of aromatic nitrogens is 2. The van der Waals surface area contributed by atoms with Crippen molar-refractivity contribution in [2.45, 2.75) is 38.7 Å². The third-order valence-corrected chi connectivity index (χ3v) is 5.47. The van der Waals surface area contributed by atoms with Gasteiger partial charge in [-0.3, -0.25) is 18.8 Å². The Bertz CT molecular complexity index is 1080. The summed E-state index contributed by atoms with van der Waals surface area (Å²) in [5, 5.41) is 1.77. The number of thiazole rings is 1. The largest absolute Gasteiger partial charge is 0.459 e. The summed E-state index contributed by atoms with van der Waals surface area (Å²) in [5.41, 5.74) is 3.41. The number of nitrogens with zero attached hydrogens (tertiary/aromatic N) is 2. The number of ether oxygens (including phenoxy) is 1. The summed E-state index contributed by atoms with van der Waals surface area (Å²) in [6, 6.07) is 7.15. The summed E-state index contributed by atoms with van der Waals surface area (Å²) in [7, 11) is 0. The molecule has 1 aliphatic carbocycles. The van der Waals surface area contributed by atoms with Gasteiger partial charge in [-0.15, -0.1) is 11.3 Å². The van der Waals surface area contributed by atoms with E-state index in [1.54, 1.807) is 11.6 Å². The van der Waals surface area contributed by atoms with Crippen LogP contribution in [0, 0.1) is 0 Å². The van der Waals surface area contributed by atoms with Crippen molar-refractivity contribution in [1.29, 1.82) is 0 Å². The first-order chi connectivity index (χ1) is 13.1. The maximum Gasteiger partial charge on any atom is 0.306 e. The van der Waals surface area contributed by atoms with Gasteiger partial charge in [0.25, 0.3) is 5.56 Å². The van der Waals surface area contributed by atoms with Crippen LogP contribution in [0.3, 0.4) is 0 Å². The van der Waals surface area contributed by atoms with Gasteiger partial charge in [-0.1, -0.05) is 12.1 Å². The number of carbonyl (C=O) groups excluding carboxylic acids is 2. The van der Waals surface area contributed by atoms with E-state index < -0.39 is 5.97 Å². The molecule has 0 unspecified atom stereocenters. The molecule has 0 saturated heterocycles. The minimum absolute atomic E-state index is 0.0101. The first-order valence-electron chi connectivity index (χ1n) is 8.86. The number of rotatable bonds is 6. The van der Waals surface area contributed by atoms with Gasteiger partial charge in [0.2, 0.25) is 0 Å². The molecule has 7 heteroatoms. The molecule has 4 rings (SSSR count). The van der Waals surface area contributed by atoms with Crippen molar-refractivity contribution in [3.8, 4) is 0 Å². The fourth-order valence-electron chi connectivity index (χ4n) is 3.29. The van der Waals surface area contributed by atoms with Gasteiger partial charge in [0.15, 0.2) is 10.7 Å². The molecule has 27 heavy (non-hydrogen) atoms. The van der Waals surface area contributed by atoms with Gasteiger partial charge in [-0.2, -0.15) is 0 Å². The Morgan fingerprint density at radius 3 is 2.89 bits per heavy atom. The highest BCUT2D eigenvalue weighted by molar-refractivity contribution is 7.15. The summed E-state index contributed by atoms with van der Waals surface area (Å²) in [6.07, 6.45) is 4.99. The van der Waals surface area contributed by atoms with Crippen molar-refractivity contribution >= 4 is 28.1 Å². The van der Waals surface area contributed by atoms with Crippen LogP contribution in [0.4, 0.5) is 0 Å². The second kappa shape index (κ2) is 7.44. The van der Waals surface area contributed by atoms with Crippen molar-refractivity contribution in [3.05, 3.63) is 68.6 Å². The smallest absolute Gasteiger partial charge is 0.306 e. The normalized spacial score (nSPS) is 12.9. The van der Waals surface area contributed by atoms with E-state index in [-0.39, 0.29) is 30.8 Å². The third kappa shape index (κ3) is 3.83. The van der Waals surface area contributed by atoms with E-state index in [2.05, 4.69) is 4.98 Å². The summed E-state index contributed by atoms with van der Waals surface area (Å²) < 4.78 is 6.61. The highest BCUT2D eigenvalue weighted by Gasteiger charge is 2.15. The second-order valence-electron chi connectivity index (χ2n) is 6.56. The molecular weight excluding hydrogens is 364 g/mol. The van der Waals surface area contributed by atoms with E-state index in [0.29, 0.717) is 16.2 Å². The molecule has 1 aliphatic rings. The lowest BCUT2D eigenvalue weighted by molar-refractivity contribution is -0.145. The van der Waals surface area contributed by atoms with Gasteiger partial charge >= 0.3 is 5.97 Å². The average Bonchev–Trinajstić information content (AvgIpc) is 3.32. The van der Waals surface area contributed by atoms with Gasteiger partial charge < -0.3 is 4.74 Å². The Kier molecular flexibility index (Phi) is 4.85. The molecule has 0 bridgehead atoms. The van der Waals surface area contributed by atoms with Gasteiger partial charge in [0.1, 0.15) is 6.61 Å². The number of hydrogen-bond acceptors (Lipinski definition) is 6. The fourth-order valence-corrected chi connectivity index (χ4v) is 4.03. The van der Waals surface area contributed by atoms with Gasteiger partial charge in [0, 0.05) is 29.6 Å². The van der Waals surface area contributed by atoms with E-state index in [1.807, 2.05) is 18.2 Å². The lowest BCUT2D eigenvalue weighted by atomic mass is 10.0. The van der Waals surface area contributed by atoms with Crippen LogP contribution in [0.25, 0.3) is 4.96 Å². The molecule has 0 fully saturated rings. The first kappa shape index (κ1) is 17.6. The SMILES string of the molecule is O=C(CCC(=O)c1ccc2c(c1)CCC2)OCc1cc(=O)n2ccsc2n1. The van der Waals surface area contributed by atoms with E-state index in [0.717, 1.165) is 19.3 Å². The Labute approximate surface area is 159 Å². The predicted molar refractivity (Wildman–Crippen MR) is 101 cm³/mol. The zero-order valence-electron chi connectivity index (χ0n) is 14.6. The lowest BCUT2D eigenvalue weighted by Crippen LogP contribution is -2.15. The van der Waals surface area contributed by atoms with Crippen LogP contribution in [0.15, 0.2) is 40.6 Å². The maximum absolute atomic E-state index is 12.3. The van der Waals surface area contributed by atoms with Crippen LogP contribution in [0.2, 0.25) is 0 Å². The number of aryl methyl sites for hydroxylation is 2. The van der Waals surface area contributed by atoms with Crippen molar-refractivity contribution in [2.75, 3.05) is 0 Å². The van der Waals surface area contributed by atoms with Crippen molar-refractivity contribution in [1.82, 2.24) is 9.38 Å². The predicted octanol–water partition coefficient (Wildman–Crippen LogP) is 2.95. The summed E-state index contributed by atoms with van der Waals surface area (Å²) in [6.45, 7) is -0.0739. The number of hydrogen-bond donors (Lipinski definition) is 0. The van der Waals surface area contributed by atoms with E-state index in [9.17, 15) is 14.4 Å². The van der Waals surface area contributed by atoms with Gasteiger partial charge in [-0.25, -0.2) is 4.98 Å². The van der Waals surface area contributed by atoms with E-state index in [4.69, 9.17) is 4.74 Å². The molecule has 2 heterocycles. The van der Waals surface area contributed by atoms with Crippen LogP contribution in [-0.2, 0) is 29.0 Å². The zero-order chi connectivity index (χ0) is 18.8. The molecule has 0 saturated carbocycles. The molecule has 138 valence electrons. The van der Waals surface area contributed by atoms with Gasteiger partial charge in [0.05, 0.1) is 12.1 Å². The minimum Gasteiger partial charge on any atom is -0.459 e. The molecule has 0 amide bonds. The summed E-state index contributed by atoms with van der Waals surface area (Å²) in [4.78, 5) is 41.0. The number of esters is 1. The number of benzene rings is 1. The standard InChI is InChI=1S/C20H18N2O4S/c23-17(15-5-4-13-2-1-3-14(13)10-15)6-7-19(25)26-12-16-11-18(24)22-8-9-27-20(22)21-16/h4-5,8-11H,1-3,6-7,12H2. The first-order valence-corrected chi connectivity index (χ1v) is 9.74. The monoisotopic (exact) mass is 382 g/mol. The number of ketones is 1. The topological polar surface area (TPSA) is 77.7 Å². The molecule has 2 aromatic heterocycles. The van der Waals surface area contributed by atoms with Crippen molar-refractivity contribution in [2.24, 2.45) is 0 Å². The molecule has 0 atom stereocenters. The van der Waals surface area contributed by atoms with Crippen LogP contribution in [0.5, 0.6) is 0 Å². The molecule has 3 aromatic rings. The number of fused-ring (bicyclic) bond motifs is 2. The van der Waals surface area contributed by atoms with Crippen LogP contribution < -0.4 is 5.56 Å². The molecule has 0 radical (unpaired) electrons. The van der Waals surface area contributed by atoms with Crippen LogP contribution in [-0.4, -0.2) is 21.1 Å². The molecule has 0 spiro atoms. The average molecular weight is 382 g/mol. The number of carbonyl (C=O) groups is 2. The summed E-state index contributed by atoms with van der Waals surface area (Å²) in [5.74, 6) is -0.532. The van der Waals surface area contributed by atoms with Gasteiger partial charge in [-0.05, 0) is 36.5 Å². The van der Waals surface area contributed by atoms with Crippen LogP contribution in [0.1, 0.15) is 46.4 Å². The highest BCUT2D eigenvalue weighted by atomic mass is 32.1. The Morgan fingerprint density at radius 1 is 1.15 bits per heavy atom. The summed E-state index contributed by atoms with van der Waals surface area (Å²) >= 11 is 1.34. The minimum atomic E-state index is -0.474. The third-order valence-electron chi connectivity index (χ3n) is 4.71. The van der Waals surface area contributed by atoms with E-state index >= 15 is 0 Å². The Balaban J connectivity index is 1.31. The van der Waals surface area contributed by atoms with E-state index in [1.165, 1.54) is 32.9 Å². The second-order valence-corrected chi connectivity index (χ2v) is 7.44. The Morgan fingerprint density at radius 2 is 2.00 bits per heavy atom. The fraction of sp³-hybridized carbons (Fsp3) is 0.300. The maximum atomic E-state index is 12.3. The van der Waals surface area contributed by atoms with Crippen molar-refractivity contribution < 1.29 is 14.3 Å². The molecule has 0 N–H and O–H groups in total. The molecule has 6 nitrogen and oxygen atoms in total. The van der Waals surface area contributed by atoms with Crippen LogP contribution >= 0.6 is 11.3 Å². The lowest BCUT2D eigenvalue weighted by Gasteiger charge is -2.06. The molecular formula is C20H18N2O4S. The highest BCUT2D eigenvalue weighted by Crippen LogP contribution is 2.23. The molecule has 1 aromatic carbocycles. The zero-order valence-corrected chi connectivity index (χ0v) is 15.5.